The maximum absolute atomic E-state index is 6.21. The van der Waals surface area contributed by atoms with Gasteiger partial charge in [0.05, 0.1) is 10.7 Å². The summed E-state index contributed by atoms with van der Waals surface area (Å²) in [6.45, 7) is 0. The molecule has 1 aliphatic rings. The molecular weight excluding hydrogens is 355 g/mol. The van der Waals surface area contributed by atoms with Gasteiger partial charge >= 0.3 is 0 Å². The summed E-state index contributed by atoms with van der Waals surface area (Å²) < 4.78 is 0.930. The third kappa shape index (κ3) is 2.27. The predicted octanol–water partition coefficient (Wildman–Crippen LogP) is 4.96. The maximum atomic E-state index is 6.21. The van der Waals surface area contributed by atoms with Crippen LogP contribution in [0, 0.1) is 0 Å². The van der Waals surface area contributed by atoms with Crippen molar-refractivity contribution in [2.75, 3.05) is 0 Å². The summed E-state index contributed by atoms with van der Waals surface area (Å²) in [5.74, 6) is 2.38. The monoisotopic (exact) mass is 360 g/mol. The Bertz CT molecular complexity index is 634. The highest BCUT2D eigenvalue weighted by molar-refractivity contribution is 9.10. The van der Waals surface area contributed by atoms with E-state index in [0.29, 0.717) is 16.0 Å². The molecular formula is C12H7BrCl2N2S. The van der Waals surface area contributed by atoms with Crippen molar-refractivity contribution in [3.63, 3.8) is 0 Å². The van der Waals surface area contributed by atoms with Gasteiger partial charge in [-0.3, -0.25) is 0 Å². The number of hydrogen-bond donors (Lipinski definition) is 0. The molecule has 0 fully saturated rings. The molecule has 0 unspecified atom stereocenters. The zero-order chi connectivity index (χ0) is 12.7. The number of nitrogens with zero attached hydrogens (tertiary/aromatic N) is 2. The van der Waals surface area contributed by atoms with E-state index in [1.807, 2.05) is 18.2 Å². The van der Waals surface area contributed by atoms with Gasteiger partial charge in [0.25, 0.3) is 0 Å². The summed E-state index contributed by atoms with van der Waals surface area (Å²) in [6, 6.07) is 5.64. The van der Waals surface area contributed by atoms with Crippen molar-refractivity contribution in [3.05, 3.63) is 44.1 Å². The van der Waals surface area contributed by atoms with E-state index in [0.717, 1.165) is 32.8 Å². The van der Waals surface area contributed by atoms with Crippen LogP contribution in [0.4, 0.5) is 0 Å². The summed E-state index contributed by atoms with van der Waals surface area (Å²) in [5, 5.41) is 1.16. The SMILES string of the molecule is Clc1cc(Br)ccc1-c1nc(Cl)c2c(n1)CSC2. The molecule has 2 nitrogen and oxygen atoms in total. The Balaban J connectivity index is 2.15. The molecule has 0 saturated heterocycles. The van der Waals surface area contributed by atoms with Crippen LogP contribution in [-0.2, 0) is 11.5 Å². The molecule has 0 spiro atoms. The van der Waals surface area contributed by atoms with Gasteiger partial charge in [0.1, 0.15) is 5.15 Å². The Morgan fingerprint density at radius 2 is 2.00 bits per heavy atom. The van der Waals surface area contributed by atoms with Gasteiger partial charge in [0.15, 0.2) is 5.82 Å². The zero-order valence-corrected chi connectivity index (χ0v) is 13.0. The Labute approximate surface area is 127 Å². The van der Waals surface area contributed by atoms with Gasteiger partial charge in [-0.1, -0.05) is 39.1 Å². The Hall–Kier alpha value is -0.290. The van der Waals surface area contributed by atoms with Crippen LogP contribution in [0.1, 0.15) is 11.3 Å². The molecule has 92 valence electrons. The minimum Gasteiger partial charge on any atom is -0.232 e. The van der Waals surface area contributed by atoms with Gasteiger partial charge < -0.3 is 0 Å². The highest BCUT2D eigenvalue weighted by Crippen LogP contribution is 2.35. The lowest BCUT2D eigenvalue weighted by atomic mass is 10.2. The molecule has 1 aromatic heterocycles. The summed E-state index contributed by atoms with van der Waals surface area (Å²) >= 11 is 17.6. The molecule has 18 heavy (non-hydrogen) atoms. The van der Waals surface area contributed by atoms with Crippen molar-refractivity contribution in [2.24, 2.45) is 0 Å². The normalized spacial score (nSPS) is 13.7. The fourth-order valence-corrected chi connectivity index (χ4v) is 3.94. The average molecular weight is 362 g/mol. The minimum atomic E-state index is 0.541. The van der Waals surface area contributed by atoms with Crippen molar-refractivity contribution < 1.29 is 0 Å². The van der Waals surface area contributed by atoms with E-state index < -0.39 is 0 Å². The van der Waals surface area contributed by atoms with Crippen molar-refractivity contribution in [2.45, 2.75) is 11.5 Å². The molecule has 1 aromatic carbocycles. The standard InChI is InChI=1S/C12H7BrCl2N2S/c13-6-1-2-7(9(14)3-6)12-16-10-5-18-4-8(10)11(15)17-12/h1-3H,4-5H2. The van der Waals surface area contributed by atoms with Gasteiger partial charge in [0.2, 0.25) is 0 Å². The van der Waals surface area contributed by atoms with Gasteiger partial charge in [-0.2, -0.15) is 11.8 Å². The second-order valence-corrected chi connectivity index (χ2v) is 6.55. The van der Waals surface area contributed by atoms with Crippen LogP contribution in [0.15, 0.2) is 22.7 Å². The van der Waals surface area contributed by atoms with Gasteiger partial charge in [-0.05, 0) is 18.2 Å². The molecule has 3 rings (SSSR count). The Morgan fingerprint density at radius 1 is 1.17 bits per heavy atom. The van der Waals surface area contributed by atoms with Crippen LogP contribution < -0.4 is 0 Å². The van der Waals surface area contributed by atoms with Gasteiger partial charge in [0, 0.05) is 27.1 Å². The number of rotatable bonds is 1. The molecule has 0 saturated carbocycles. The largest absolute Gasteiger partial charge is 0.232 e. The number of thioether (sulfide) groups is 1. The highest BCUT2D eigenvalue weighted by atomic mass is 79.9. The van der Waals surface area contributed by atoms with E-state index >= 15 is 0 Å². The molecule has 2 aromatic rings. The molecule has 2 heterocycles. The molecule has 1 aliphatic heterocycles. The number of halogens is 3. The highest BCUT2D eigenvalue weighted by Gasteiger charge is 2.20. The fraction of sp³-hybridized carbons (Fsp3) is 0.167. The molecule has 0 atom stereocenters. The Morgan fingerprint density at radius 3 is 2.78 bits per heavy atom. The van der Waals surface area contributed by atoms with Crippen LogP contribution in [0.2, 0.25) is 10.2 Å². The molecule has 6 heteroatoms. The van der Waals surface area contributed by atoms with Crippen LogP contribution in [0.5, 0.6) is 0 Å². The van der Waals surface area contributed by atoms with Gasteiger partial charge in [-0.15, -0.1) is 0 Å². The van der Waals surface area contributed by atoms with Crippen molar-refractivity contribution in [1.29, 1.82) is 0 Å². The molecule has 0 bridgehead atoms. The second-order valence-electron chi connectivity index (χ2n) is 3.88. The van der Waals surface area contributed by atoms with E-state index in [-0.39, 0.29) is 0 Å². The van der Waals surface area contributed by atoms with E-state index in [9.17, 15) is 0 Å². The molecule has 0 N–H and O–H groups in total. The first-order valence-corrected chi connectivity index (χ1v) is 7.94. The Kier molecular flexibility index (Phi) is 3.54. The number of hydrogen-bond acceptors (Lipinski definition) is 3. The lowest BCUT2D eigenvalue weighted by molar-refractivity contribution is 1.07. The van der Waals surface area contributed by atoms with E-state index in [1.165, 1.54) is 0 Å². The predicted molar refractivity (Wildman–Crippen MR) is 80.2 cm³/mol. The quantitative estimate of drug-likeness (QED) is 0.671. The molecule has 0 aliphatic carbocycles. The van der Waals surface area contributed by atoms with E-state index in [4.69, 9.17) is 23.2 Å². The molecule has 0 amide bonds. The topological polar surface area (TPSA) is 25.8 Å². The second kappa shape index (κ2) is 5.00. The number of benzene rings is 1. The molecule has 0 radical (unpaired) electrons. The van der Waals surface area contributed by atoms with Crippen LogP contribution in [-0.4, -0.2) is 9.97 Å². The van der Waals surface area contributed by atoms with Crippen LogP contribution in [0.3, 0.4) is 0 Å². The lowest BCUT2D eigenvalue weighted by Crippen LogP contribution is -1.97. The summed E-state index contributed by atoms with van der Waals surface area (Å²) in [7, 11) is 0. The number of fused-ring (bicyclic) bond motifs is 1. The smallest absolute Gasteiger partial charge is 0.162 e. The number of aromatic nitrogens is 2. The zero-order valence-electron chi connectivity index (χ0n) is 9.08. The van der Waals surface area contributed by atoms with E-state index in [1.54, 1.807) is 11.8 Å². The van der Waals surface area contributed by atoms with Crippen molar-refractivity contribution in [1.82, 2.24) is 9.97 Å². The van der Waals surface area contributed by atoms with Crippen LogP contribution in [0.25, 0.3) is 11.4 Å². The average Bonchev–Trinajstić information content (AvgIpc) is 2.77. The minimum absolute atomic E-state index is 0.541. The first-order valence-electron chi connectivity index (χ1n) is 5.23. The lowest BCUT2D eigenvalue weighted by Gasteiger charge is -2.07. The fourth-order valence-electron chi connectivity index (χ4n) is 1.80. The summed E-state index contributed by atoms with van der Waals surface area (Å²) in [4.78, 5) is 8.91. The third-order valence-corrected chi connectivity index (χ3v) is 4.79. The van der Waals surface area contributed by atoms with Crippen molar-refractivity contribution >= 4 is 50.9 Å². The summed E-state index contributed by atoms with van der Waals surface area (Å²) in [6.07, 6.45) is 0. The third-order valence-electron chi connectivity index (χ3n) is 2.70. The maximum Gasteiger partial charge on any atom is 0.162 e. The summed E-state index contributed by atoms with van der Waals surface area (Å²) in [5.41, 5.74) is 2.88. The van der Waals surface area contributed by atoms with E-state index in [2.05, 4.69) is 25.9 Å². The first kappa shape index (κ1) is 12.7. The van der Waals surface area contributed by atoms with Gasteiger partial charge in [-0.25, -0.2) is 9.97 Å². The van der Waals surface area contributed by atoms with Crippen molar-refractivity contribution in [3.8, 4) is 11.4 Å². The van der Waals surface area contributed by atoms with Crippen LogP contribution >= 0.6 is 50.9 Å². The first-order chi connectivity index (χ1) is 8.65.